The van der Waals surface area contributed by atoms with E-state index in [1.54, 1.807) is 12.4 Å². The minimum atomic E-state index is 0.244. The normalized spacial score (nSPS) is 27.0. The zero-order valence-corrected chi connectivity index (χ0v) is 10.5. The minimum absolute atomic E-state index is 0.244. The fraction of sp³-hybridized carbons (Fsp3) is 0.571. The lowest BCUT2D eigenvalue weighted by Gasteiger charge is -2.35. The Morgan fingerprint density at radius 3 is 3.28 bits per heavy atom. The molecule has 2 aliphatic heterocycles. The summed E-state index contributed by atoms with van der Waals surface area (Å²) in [5.74, 6) is 0.907. The van der Waals surface area contributed by atoms with E-state index in [4.69, 9.17) is 0 Å². The van der Waals surface area contributed by atoms with Crippen LogP contribution in [-0.2, 0) is 11.2 Å². The third-order valence-corrected chi connectivity index (χ3v) is 4.09. The van der Waals surface area contributed by atoms with Crippen LogP contribution in [-0.4, -0.2) is 41.5 Å². The molecule has 1 aromatic heterocycles. The van der Waals surface area contributed by atoms with Crippen LogP contribution < -0.4 is 5.32 Å². The summed E-state index contributed by atoms with van der Waals surface area (Å²) in [5, 5.41) is 3.52. The van der Waals surface area contributed by atoms with E-state index in [1.165, 1.54) is 6.42 Å². The van der Waals surface area contributed by atoms with E-state index in [0.29, 0.717) is 18.4 Å². The molecule has 0 aromatic carbocycles. The van der Waals surface area contributed by atoms with Crippen LogP contribution in [0.15, 0.2) is 24.5 Å². The predicted molar refractivity (Wildman–Crippen MR) is 69.0 cm³/mol. The second-order valence-corrected chi connectivity index (χ2v) is 5.28. The molecule has 2 atom stereocenters. The Hall–Kier alpha value is -1.42. The maximum Gasteiger partial charge on any atom is 0.227 e. The van der Waals surface area contributed by atoms with E-state index in [-0.39, 0.29) is 5.91 Å². The van der Waals surface area contributed by atoms with Gasteiger partial charge in [-0.3, -0.25) is 9.78 Å². The number of nitrogens with one attached hydrogen (secondary N) is 1. The summed E-state index contributed by atoms with van der Waals surface area (Å²) in [6, 6.07) is 4.50. The summed E-state index contributed by atoms with van der Waals surface area (Å²) in [7, 11) is 0. The van der Waals surface area contributed by atoms with Crippen LogP contribution in [0.25, 0.3) is 0 Å². The van der Waals surface area contributed by atoms with Gasteiger partial charge in [-0.1, -0.05) is 6.07 Å². The monoisotopic (exact) mass is 245 g/mol. The lowest BCUT2D eigenvalue weighted by Crippen LogP contribution is -2.47. The van der Waals surface area contributed by atoms with Gasteiger partial charge in [0.1, 0.15) is 0 Å². The molecule has 4 nitrogen and oxygen atoms in total. The van der Waals surface area contributed by atoms with Gasteiger partial charge in [-0.2, -0.15) is 0 Å². The fourth-order valence-corrected chi connectivity index (χ4v) is 3.06. The number of carbonyl (C=O) groups is 1. The molecule has 1 amide bonds. The topological polar surface area (TPSA) is 45.2 Å². The van der Waals surface area contributed by atoms with Crippen molar-refractivity contribution in [2.24, 2.45) is 5.92 Å². The van der Waals surface area contributed by atoms with Gasteiger partial charge in [0, 0.05) is 31.5 Å². The molecule has 4 heteroatoms. The van der Waals surface area contributed by atoms with Crippen molar-refractivity contribution in [2.75, 3.05) is 19.6 Å². The minimum Gasteiger partial charge on any atom is -0.342 e. The first-order valence-corrected chi connectivity index (χ1v) is 6.73. The van der Waals surface area contributed by atoms with Gasteiger partial charge in [0.05, 0.1) is 6.42 Å². The van der Waals surface area contributed by atoms with E-state index in [2.05, 4.69) is 10.3 Å². The quantitative estimate of drug-likeness (QED) is 0.839. The molecule has 96 valence electrons. The Labute approximate surface area is 107 Å². The molecule has 2 unspecified atom stereocenters. The highest BCUT2D eigenvalue weighted by Crippen LogP contribution is 2.24. The van der Waals surface area contributed by atoms with Gasteiger partial charge in [0.15, 0.2) is 0 Å². The van der Waals surface area contributed by atoms with Gasteiger partial charge in [0.2, 0.25) is 5.91 Å². The SMILES string of the molecule is O=C(Cc1cccnc1)N1CCC2NCCC2C1. The number of nitrogens with zero attached hydrogens (tertiary/aromatic N) is 2. The molecule has 0 spiro atoms. The van der Waals surface area contributed by atoms with Crippen LogP contribution in [0.4, 0.5) is 0 Å². The van der Waals surface area contributed by atoms with Crippen LogP contribution in [0.5, 0.6) is 0 Å². The molecular formula is C14H19N3O. The van der Waals surface area contributed by atoms with Gasteiger partial charge < -0.3 is 10.2 Å². The van der Waals surface area contributed by atoms with Crippen LogP contribution in [0.1, 0.15) is 18.4 Å². The van der Waals surface area contributed by atoms with Gasteiger partial charge in [-0.05, 0) is 36.9 Å². The van der Waals surface area contributed by atoms with E-state index in [0.717, 1.165) is 31.6 Å². The summed E-state index contributed by atoms with van der Waals surface area (Å²) in [6.07, 6.45) is 6.31. The molecule has 3 rings (SSSR count). The third kappa shape index (κ3) is 2.38. The molecule has 2 fully saturated rings. The lowest BCUT2D eigenvalue weighted by atomic mass is 9.93. The number of aromatic nitrogens is 1. The number of pyridine rings is 1. The molecule has 0 aliphatic carbocycles. The number of piperidine rings is 1. The molecule has 0 radical (unpaired) electrons. The zero-order valence-electron chi connectivity index (χ0n) is 10.5. The Balaban J connectivity index is 1.60. The molecule has 18 heavy (non-hydrogen) atoms. The van der Waals surface area contributed by atoms with Crippen molar-refractivity contribution >= 4 is 5.91 Å². The molecule has 0 saturated carbocycles. The average molecular weight is 245 g/mol. The molecule has 3 heterocycles. The largest absolute Gasteiger partial charge is 0.342 e. The maximum absolute atomic E-state index is 12.2. The number of hydrogen-bond acceptors (Lipinski definition) is 3. The molecule has 1 N–H and O–H groups in total. The molecule has 1 aromatic rings. The smallest absolute Gasteiger partial charge is 0.227 e. The number of rotatable bonds is 2. The number of carbonyl (C=O) groups excluding carboxylic acids is 1. The average Bonchev–Trinajstić information content (AvgIpc) is 2.87. The van der Waals surface area contributed by atoms with Crippen molar-refractivity contribution in [1.82, 2.24) is 15.2 Å². The van der Waals surface area contributed by atoms with Gasteiger partial charge in [-0.15, -0.1) is 0 Å². The Morgan fingerprint density at radius 1 is 1.50 bits per heavy atom. The Bertz CT molecular complexity index is 420. The second kappa shape index (κ2) is 5.06. The van der Waals surface area contributed by atoms with Crippen molar-refractivity contribution in [2.45, 2.75) is 25.3 Å². The third-order valence-electron chi connectivity index (χ3n) is 4.09. The second-order valence-electron chi connectivity index (χ2n) is 5.28. The first-order chi connectivity index (χ1) is 8.83. The summed E-state index contributed by atoms with van der Waals surface area (Å²) in [6.45, 7) is 2.93. The summed E-state index contributed by atoms with van der Waals surface area (Å²) >= 11 is 0. The van der Waals surface area contributed by atoms with E-state index >= 15 is 0 Å². The highest BCUT2D eigenvalue weighted by Gasteiger charge is 2.34. The van der Waals surface area contributed by atoms with Crippen molar-refractivity contribution in [3.05, 3.63) is 30.1 Å². The van der Waals surface area contributed by atoms with E-state index in [9.17, 15) is 4.79 Å². The Kier molecular flexibility index (Phi) is 3.28. The summed E-state index contributed by atoms with van der Waals surface area (Å²) in [5.41, 5.74) is 1.01. The highest BCUT2D eigenvalue weighted by atomic mass is 16.2. The van der Waals surface area contributed by atoms with Crippen molar-refractivity contribution in [1.29, 1.82) is 0 Å². The number of fused-ring (bicyclic) bond motifs is 1. The summed E-state index contributed by atoms with van der Waals surface area (Å²) in [4.78, 5) is 18.3. The van der Waals surface area contributed by atoms with Crippen molar-refractivity contribution in [3.8, 4) is 0 Å². The van der Waals surface area contributed by atoms with E-state index in [1.807, 2.05) is 17.0 Å². The molecule has 0 bridgehead atoms. The first kappa shape index (κ1) is 11.7. The fourth-order valence-electron chi connectivity index (χ4n) is 3.06. The van der Waals surface area contributed by atoms with Gasteiger partial charge in [0.25, 0.3) is 0 Å². The number of likely N-dealkylation sites (tertiary alicyclic amines) is 1. The van der Waals surface area contributed by atoms with Gasteiger partial charge >= 0.3 is 0 Å². The van der Waals surface area contributed by atoms with Crippen LogP contribution in [0.3, 0.4) is 0 Å². The van der Waals surface area contributed by atoms with Crippen molar-refractivity contribution in [3.63, 3.8) is 0 Å². The van der Waals surface area contributed by atoms with Crippen LogP contribution in [0.2, 0.25) is 0 Å². The van der Waals surface area contributed by atoms with Crippen LogP contribution >= 0.6 is 0 Å². The highest BCUT2D eigenvalue weighted by molar-refractivity contribution is 5.78. The first-order valence-electron chi connectivity index (χ1n) is 6.73. The summed E-state index contributed by atoms with van der Waals surface area (Å²) < 4.78 is 0. The standard InChI is InChI=1S/C14H19N3O/c18-14(8-11-2-1-5-15-9-11)17-7-4-13-12(10-17)3-6-16-13/h1-2,5,9,12-13,16H,3-4,6-8,10H2. The zero-order chi connectivity index (χ0) is 12.4. The predicted octanol–water partition coefficient (Wildman–Crippen LogP) is 0.834. The van der Waals surface area contributed by atoms with Gasteiger partial charge in [-0.25, -0.2) is 0 Å². The number of amides is 1. The molecular weight excluding hydrogens is 226 g/mol. The van der Waals surface area contributed by atoms with Crippen LogP contribution in [0, 0.1) is 5.92 Å². The lowest BCUT2D eigenvalue weighted by molar-refractivity contribution is -0.132. The van der Waals surface area contributed by atoms with Crippen molar-refractivity contribution < 1.29 is 4.79 Å². The number of hydrogen-bond donors (Lipinski definition) is 1. The van der Waals surface area contributed by atoms with E-state index < -0.39 is 0 Å². The maximum atomic E-state index is 12.2. The Morgan fingerprint density at radius 2 is 2.44 bits per heavy atom. The molecule has 2 saturated heterocycles. The molecule has 2 aliphatic rings.